The number of amides is 1. The monoisotopic (exact) mass is 362 g/mol. The van der Waals surface area contributed by atoms with Crippen LogP contribution in [0.1, 0.15) is 37.3 Å². The van der Waals surface area contributed by atoms with E-state index < -0.39 is 17.5 Å². The average molecular weight is 362 g/mol. The highest BCUT2D eigenvalue weighted by Gasteiger charge is 2.49. The van der Waals surface area contributed by atoms with Gasteiger partial charge in [0.25, 0.3) is 0 Å². The Morgan fingerprint density at radius 1 is 1.31 bits per heavy atom. The minimum atomic E-state index is -1.25. The molecular formula is C20H30N2O4. The highest BCUT2D eigenvalue weighted by atomic mass is 16.4. The zero-order valence-electron chi connectivity index (χ0n) is 15.9. The Hall–Kier alpha value is -1.92. The van der Waals surface area contributed by atoms with Gasteiger partial charge < -0.3 is 15.1 Å². The first kappa shape index (κ1) is 20.4. The number of piperidine rings is 1. The molecule has 2 rings (SSSR count). The molecule has 0 unspecified atom stereocenters. The lowest BCUT2D eigenvalue weighted by molar-refractivity contribution is -0.167. The summed E-state index contributed by atoms with van der Waals surface area (Å²) in [6, 6.07) is 8.18. The van der Waals surface area contributed by atoms with Crippen molar-refractivity contribution in [3.05, 3.63) is 35.4 Å². The summed E-state index contributed by atoms with van der Waals surface area (Å²) in [6.07, 6.45) is 0.416. The number of aliphatic carboxylic acids is 1. The molecule has 2 atom stereocenters. The molecule has 144 valence electrons. The van der Waals surface area contributed by atoms with E-state index in [0.29, 0.717) is 32.4 Å². The number of aryl methyl sites for hydroxylation is 1. The third kappa shape index (κ3) is 4.62. The number of rotatable bonds is 7. The number of hydrogen-bond donors (Lipinski definition) is 2. The second-order valence-corrected chi connectivity index (χ2v) is 7.49. The lowest BCUT2D eigenvalue weighted by Crippen LogP contribution is -2.58. The molecule has 1 amide bonds. The van der Waals surface area contributed by atoms with Crippen LogP contribution in [-0.4, -0.2) is 64.7 Å². The van der Waals surface area contributed by atoms with Gasteiger partial charge in [-0.2, -0.15) is 0 Å². The van der Waals surface area contributed by atoms with E-state index in [1.165, 1.54) is 5.56 Å². The van der Waals surface area contributed by atoms with Gasteiger partial charge in [-0.15, -0.1) is 0 Å². The number of nitrogens with zero attached hydrogens (tertiary/aromatic N) is 2. The maximum Gasteiger partial charge on any atom is 0.314 e. The Morgan fingerprint density at radius 2 is 1.96 bits per heavy atom. The van der Waals surface area contributed by atoms with Crippen LogP contribution in [0.25, 0.3) is 0 Å². The summed E-state index contributed by atoms with van der Waals surface area (Å²) in [5.41, 5.74) is 1.07. The van der Waals surface area contributed by atoms with Crippen LogP contribution in [0, 0.1) is 12.3 Å². The molecule has 1 aromatic carbocycles. The number of carboxylic acids is 1. The second-order valence-electron chi connectivity index (χ2n) is 7.49. The number of benzene rings is 1. The van der Waals surface area contributed by atoms with Crippen molar-refractivity contribution in [2.75, 3.05) is 26.7 Å². The number of likely N-dealkylation sites (N-methyl/N-ethyl adjacent to an activating group) is 1. The molecule has 6 heteroatoms. The molecule has 0 saturated carbocycles. The fourth-order valence-corrected chi connectivity index (χ4v) is 3.69. The molecule has 0 radical (unpaired) electrons. The standard InChI is InChI=1S/C20H30N2O4/c1-4-10-20(19(25)26)14-22(11-9-17(20)23)18(24)13-21(3)12-16-7-5-15(2)6-8-16/h5-8,17,23H,4,9-14H2,1-3H3,(H,25,26)/t17-,20-/m1/s1. The lowest BCUT2D eigenvalue weighted by atomic mass is 9.74. The summed E-state index contributed by atoms with van der Waals surface area (Å²) in [7, 11) is 1.88. The zero-order valence-corrected chi connectivity index (χ0v) is 15.9. The summed E-state index contributed by atoms with van der Waals surface area (Å²) in [6.45, 7) is 5.29. The van der Waals surface area contributed by atoms with Crippen molar-refractivity contribution >= 4 is 11.9 Å². The van der Waals surface area contributed by atoms with Crippen LogP contribution in [0.5, 0.6) is 0 Å². The van der Waals surface area contributed by atoms with Gasteiger partial charge >= 0.3 is 5.97 Å². The quantitative estimate of drug-likeness (QED) is 0.774. The van der Waals surface area contributed by atoms with Crippen LogP contribution in [0.3, 0.4) is 0 Å². The number of carboxylic acid groups (broad SMARTS) is 1. The number of carbonyl (C=O) groups is 2. The van der Waals surface area contributed by atoms with E-state index in [1.54, 1.807) is 4.90 Å². The number of carbonyl (C=O) groups excluding carboxylic acids is 1. The first-order valence-corrected chi connectivity index (χ1v) is 9.22. The van der Waals surface area contributed by atoms with Gasteiger partial charge in [-0.25, -0.2) is 0 Å². The molecular weight excluding hydrogens is 332 g/mol. The molecule has 1 aliphatic rings. The van der Waals surface area contributed by atoms with Crippen molar-refractivity contribution in [3.8, 4) is 0 Å². The SMILES string of the molecule is CCC[C@@]1(C(=O)O)CN(C(=O)CN(C)Cc2ccc(C)cc2)CC[C@H]1O. The lowest BCUT2D eigenvalue weighted by Gasteiger charge is -2.43. The largest absolute Gasteiger partial charge is 0.481 e. The normalized spacial score (nSPS) is 23.3. The fourth-order valence-electron chi connectivity index (χ4n) is 3.69. The Morgan fingerprint density at radius 3 is 2.54 bits per heavy atom. The topological polar surface area (TPSA) is 81.1 Å². The molecule has 2 N–H and O–H groups in total. The minimum Gasteiger partial charge on any atom is -0.481 e. The van der Waals surface area contributed by atoms with Gasteiger partial charge in [0, 0.05) is 19.6 Å². The van der Waals surface area contributed by atoms with Gasteiger partial charge in [0.05, 0.1) is 12.6 Å². The maximum atomic E-state index is 12.7. The van der Waals surface area contributed by atoms with Gasteiger partial charge in [-0.05, 0) is 32.4 Å². The molecule has 0 aliphatic carbocycles. The van der Waals surface area contributed by atoms with Crippen molar-refractivity contribution in [2.24, 2.45) is 5.41 Å². The third-order valence-corrected chi connectivity index (χ3v) is 5.24. The summed E-state index contributed by atoms with van der Waals surface area (Å²) in [5, 5.41) is 20.0. The first-order valence-electron chi connectivity index (χ1n) is 9.22. The summed E-state index contributed by atoms with van der Waals surface area (Å²) in [5.74, 6) is -1.11. The molecule has 6 nitrogen and oxygen atoms in total. The highest BCUT2D eigenvalue weighted by Crippen LogP contribution is 2.35. The van der Waals surface area contributed by atoms with Crippen molar-refractivity contribution in [3.63, 3.8) is 0 Å². The van der Waals surface area contributed by atoms with Gasteiger partial charge in [0.2, 0.25) is 5.91 Å². The van der Waals surface area contributed by atoms with Crippen LogP contribution < -0.4 is 0 Å². The number of hydrogen-bond acceptors (Lipinski definition) is 4. The molecule has 0 spiro atoms. The predicted molar refractivity (Wildman–Crippen MR) is 99.7 cm³/mol. The predicted octanol–water partition coefficient (Wildman–Crippen LogP) is 1.89. The van der Waals surface area contributed by atoms with Crippen LogP contribution in [0.2, 0.25) is 0 Å². The number of likely N-dealkylation sites (tertiary alicyclic amines) is 1. The maximum absolute atomic E-state index is 12.7. The summed E-state index contributed by atoms with van der Waals surface area (Å²) in [4.78, 5) is 28.0. The second kappa shape index (κ2) is 8.64. The third-order valence-electron chi connectivity index (χ3n) is 5.24. The Kier molecular flexibility index (Phi) is 6.78. The van der Waals surface area contributed by atoms with Crippen LogP contribution in [0.15, 0.2) is 24.3 Å². The minimum absolute atomic E-state index is 0.0779. The fraction of sp³-hybridized carbons (Fsp3) is 0.600. The van der Waals surface area contributed by atoms with E-state index >= 15 is 0 Å². The van der Waals surface area contributed by atoms with Gasteiger partial charge in [-0.1, -0.05) is 43.2 Å². The molecule has 26 heavy (non-hydrogen) atoms. The van der Waals surface area contributed by atoms with Crippen LogP contribution in [-0.2, 0) is 16.1 Å². The Balaban J connectivity index is 1.99. The molecule has 1 aromatic rings. The van der Waals surface area contributed by atoms with E-state index in [1.807, 2.05) is 50.1 Å². The summed E-state index contributed by atoms with van der Waals surface area (Å²) >= 11 is 0. The van der Waals surface area contributed by atoms with Crippen molar-refractivity contribution < 1.29 is 19.8 Å². The zero-order chi connectivity index (χ0) is 19.3. The summed E-state index contributed by atoms with van der Waals surface area (Å²) < 4.78 is 0. The average Bonchev–Trinajstić information content (AvgIpc) is 2.58. The molecule has 1 heterocycles. The molecule has 1 aliphatic heterocycles. The van der Waals surface area contributed by atoms with Crippen molar-refractivity contribution in [2.45, 2.75) is 45.8 Å². The molecule has 0 bridgehead atoms. The highest BCUT2D eigenvalue weighted by molar-refractivity contribution is 5.81. The molecule has 1 saturated heterocycles. The first-order chi connectivity index (χ1) is 12.3. The molecule has 1 fully saturated rings. The Bertz CT molecular complexity index is 631. The number of aliphatic hydroxyl groups is 1. The van der Waals surface area contributed by atoms with Crippen molar-refractivity contribution in [1.82, 2.24) is 9.80 Å². The van der Waals surface area contributed by atoms with E-state index in [9.17, 15) is 19.8 Å². The number of aliphatic hydroxyl groups excluding tert-OH is 1. The van der Waals surface area contributed by atoms with E-state index in [-0.39, 0.29) is 19.0 Å². The molecule has 0 aromatic heterocycles. The van der Waals surface area contributed by atoms with Gasteiger partial charge in [-0.3, -0.25) is 14.5 Å². The van der Waals surface area contributed by atoms with Gasteiger partial charge in [0.1, 0.15) is 5.41 Å². The van der Waals surface area contributed by atoms with E-state index in [0.717, 1.165) is 5.56 Å². The van der Waals surface area contributed by atoms with E-state index in [4.69, 9.17) is 0 Å². The van der Waals surface area contributed by atoms with Crippen molar-refractivity contribution in [1.29, 1.82) is 0 Å². The van der Waals surface area contributed by atoms with E-state index in [2.05, 4.69) is 0 Å². The van der Waals surface area contributed by atoms with Gasteiger partial charge in [0.15, 0.2) is 0 Å². The van der Waals surface area contributed by atoms with Crippen LogP contribution >= 0.6 is 0 Å². The Labute approximate surface area is 155 Å². The smallest absolute Gasteiger partial charge is 0.314 e. The van der Waals surface area contributed by atoms with Crippen LogP contribution in [0.4, 0.5) is 0 Å².